The van der Waals surface area contributed by atoms with Crippen molar-refractivity contribution in [3.05, 3.63) is 95.6 Å². The first-order valence-electron chi connectivity index (χ1n) is 11.7. The van der Waals surface area contributed by atoms with Crippen molar-refractivity contribution in [1.29, 1.82) is 0 Å². The van der Waals surface area contributed by atoms with Crippen LogP contribution in [0.3, 0.4) is 0 Å². The van der Waals surface area contributed by atoms with E-state index in [-0.39, 0.29) is 13.2 Å². The number of amides is 4. The average Bonchev–Trinajstić information content (AvgIpc) is 3.49. The quantitative estimate of drug-likeness (QED) is 0.501. The zero-order chi connectivity index (χ0) is 25.8. The molecule has 1 saturated heterocycles. The molecule has 3 aromatic rings. The molecule has 5 rings (SSSR count). The number of cyclic esters (lactones) is 1. The van der Waals surface area contributed by atoms with Gasteiger partial charge in [0.25, 0.3) is 0 Å². The number of urea groups is 1. The van der Waals surface area contributed by atoms with E-state index in [4.69, 9.17) is 24.8 Å². The number of ether oxygens (including phenoxy) is 3. The largest absolute Gasteiger partial charge is 0.490 e. The van der Waals surface area contributed by atoms with Gasteiger partial charge in [-0.25, -0.2) is 19.3 Å². The summed E-state index contributed by atoms with van der Waals surface area (Å²) in [6, 6.07) is 21.8. The number of hydrogen-bond donors (Lipinski definition) is 1. The monoisotopic (exact) mass is 503 g/mol. The van der Waals surface area contributed by atoms with E-state index in [1.807, 2.05) is 60.7 Å². The Hall–Kier alpha value is -4.73. The Kier molecular flexibility index (Phi) is 6.80. The van der Waals surface area contributed by atoms with Crippen LogP contribution in [0.5, 0.6) is 11.5 Å². The van der Waals surface area contributed by atoms with Gasteiger partial charge in [0.1, 0.15) is 37.4 Å². The highest BCUT2D eigenvalue weighted by Gasteiger charge is 2.43. The molecule has 0 unspecified atom stereocenters. The lowest BCUT2D eigenvalue weighted by atomic mass is 10.1. The predicted octanol–water partition coefficient (Wildman–Crippen LogP) is 4.19. The molecular formula is C27H25N3O7. The summed E-state index contributed by atoms with van der Waals surface area (Å²) in [4.78, 5) is 43.8. The van der Waals surface area contributed by atoms with E-state index in [1.165, 1.54) is 0 Å². The highest BCUT2D eigenvalue weighted by molar-refractivity contribution is 5.90. The molecule has 2 aliphatic heterocycles. The fourth-order valence-corrected chi connectivity index (χ4v) is 4.31. The average molecular weight is 504 g/mol. The van der Waals surface area contributed by atoms with Crippen molar-refractivity contribution in [2.75, 3.05) is 13.2 Å². The van der Waals surface area contributed by atoms with Gasteiger partial charge in [-0.1, -0.05) is 60.7 Å². The third-order valence-corrected chi connectivity index (χ3v) is 6.14. The van der Waals surface area contributed by atoms with E-state index in [0.717, 1.165) is 21.1 Å². The first kappa shape index (κ1) is 24.0. The first-order valence-corrected chi connectivity index (χ1v) is 11.7. The minimum absolute atomic E-state index is 0.00554. The van der Waals surface area contributed by atoms with Gasteiger partial charge in [-0.15, -0.1) is 5.06 Å². The van der Waals surface area contributed by atoms with Gasteiger partial charge in [-0.05, 0) is 29.7 Å². The van der Waals surface area contributed by atoms with Crippen LogP contribution >= 0.6 is 0 Å². The topological polar surface area (TPSA) is 121 Å². The molecule has 2 N–H and O–H groups in total. The lowest BCUT2D eigenvalue weighted by molar-refractivity contribution is -0.0994. The van der Waals surface area contributed by atoms with Crippen LogP contribution in [0.4, 0.5) is 14.4 Å². The number of imide groups is 1. The van der Waals surface area contributed by atoms with Crippen molar-refractivity contribution in [2.24, 2.45) is 5.73 Å². The summed E-state index contributed by atoms with van der Waals surface area (Å²) in [5, 5.41) is 0.726. The van der Waals surface area contributed by atoms with Gasteiger partial charge in [0.15, 0.2) is 0 Å². The number of carbonyl (C=O) groups is 3. The maximum atomic E-state index is 13.0. The molecule has 190 valence electrons. The van der Waals surface area contributed by atoms with Gasteiger partial charge in [0.05, 0.1) is 6.04 Å². The molecule has 10 heteroatoms. The third-order valence-electron chi connectivity index (χ3n) is 6.14. The van der Waals surface area contributed by atoms with Gasteiger partial charge >= 0.3 is 18.2 Å². The fourth-order valence-electron chi connectivity index (χ4n) is 4.31. The van der Waals surface area contributed by atoms with E-state index in [0.29, 0.717) is 30.1 Å². The number of fused-ring (bicyclic) bond motifs is 1. The molecule has 10 nitrogen and oxygen atoms in total. The van der Waals surface area contributed by atoms with Gasteiger partial charge in [0.2, 0.25) is 0 Å². The Morgan fingerprint density at radius 3 is 2.35 bits per heavy atom. The highest BCUT2D eigenvalue weighted by atomic mass is 16.7. The van der Waals surface area contributed by atoms with Crippen LogP contribution in [0.1, 0.15) is 22.7 Å². The van der Waals surface area contributed by atoms with E-state index in [9.17, 15) is 14.4 Å². The van der Waals surface area contributed by atoms with Crippen LogP contribution in [0, 0.1) is 0 Å². The summed E-state index contributed by atoms with van der Waals surface area (Å²) in [5.41, 5.74) is 8.07. The first-order chi connectivity index (χ1) is 18.0. The molecule has 0 aromatic heterocycles. The van der Waals surface area contributed by atoms with E-state index in [2.05, 4.69) is 0 Å². The van der Waals surface area contributed by atoms with Crippen LogP contribution in [0.25, 0.3) is 0 Å². The smallest absolute Gasteiger partial charge is 0.444 e. The summed E-state index contributed by atoms with van der Waals surface area (Å²) in [6.45, 7) is 0.399. The molecule has 2 atom stereocenters. The minimum atomic E-state index is -1.06. The lowest BCUT2D eigenvalue weighted by Gasteiger charge is -2.27. The van der Waals surface area contributed by atoms with Crippen molar-refractivity contribution in [1.82, 2.24) is 9.96 Å². The summed E-state index contributed by atoms with van der Waals surface area (Å²) >= 11 is 0. The Balaban J connectivity index is 1.27. The summed E-state index contributed by atoms with van der Waals surface area (Å²) < 4.78 is 16.6. The molecular weight excluding hydrogens is 478 g/mol. The molecule has 0 aliphatic carbocycles. The van der Waals surface area contributed by atoms with Gasteiger partial charge in [-0.3, -0.25) is 0 Å². The second-order valence-electron chi connectivity index (χ2n) is 8.61. The maximum Gasteiger partial charge on any atom is 0.444 e. The Labute approximate surface area is 213 Å². The number of benzene rings is 3. The number of nitrogens with two attached hydrogens (primary N) is 1. The highest BCUT2D eigenvalue weighted by Crippen LogP contribution is 2.39. The summed E-state index contributed by atoms with van der Waals surface area (Å²) in [7, 11) is 0. The fraction of sp³-hybridized carbons (Fsp3) is 0.222. The second kappa shape index (κ2) is 10.5. The molecule has 4 amide bonds. The molecule has 0 spiro atoms. The van der Waals surface area contributed by atoms with E-state index < -0.39 is 30.3 Å². The predicted molar refractivity (Wildman–Crippen MR) is 130 cm³/mol. The molecule has 2 heterocycles. The number of hydrogen-bond acceptors (Lipinski definition) is 7. The SMILES string of the molecule is NC(=O)N(OC(=O)N1C(=O)OC[C@H]1Cc1ccccc1)[C@H]1COc2cc(OCc3ccccc3)ccc21. The standard InChI is InChI=1S/C27H25N3O7/c28-25(31)30(37-27(33)29-20(16-36-26(29)32)13-18-7-3-1-4-8-18)23-17-35-24-14-21(11-12-22(23)24)34-15-19-9-5-2-6-10-19/h1-12,14,20,23H,13,15-17H2,(H2,28,31)/t20-,23+/m1/s1. The molecule has 3 aromatic carbocycles. The van der Waals surface area contributed by atoms with Crippen LogP contribution in [0.2, 0.25) is 0 Å². The van der Waals surface area contributed by atoms with Crippen molar-refractivity contribution >= 4 is 18.2 Å². The Morgan fingerprint density at radius 1 is 0.946 bits per heavy atom. The number of rotatable bonds is 6. The van der Waals surface area contributed by atoms with Crippen LogP contribution in [0.15, 0.2) is 78.9 Å². The summed E-state index contributed by atoms with van der Waals surface area (Å²) in [5.74, 6) is 1.05. The lowest BCUT2D eigenvalue weighted by Crippen LogP contribution is -2.47. The number of carbonyl (C=O) groups excluding carboxylic acids is 3. The van der Waals surface area contributed by atoms with Crippen molar-refractivity contribution in [3.63, 3.8) is 0 Å². The van der Waals surface area contributed by atoms with Crippen molar-refractivity contribution in [2.45, 2.75) is 25.1 Å². The van der Waals surface area contributed by atoms with E-state index >= 15 is 0 Å². The van der Waals surface area contributed by atoms with Crippen LogP contribution < -0.4 is 15.2 Å². The second-order valence-corrected chi connectivity index (χ2v) is 8.61. The van der Waals surface area contributed by atoms with Crippen molar-refractivity contribution < 1.29 is 33.4 Å². The third kappa shape index (κ3) is 5.27. The van der Waals surface area contributed by atoms with Gasteiger partial charge in [-0.2, -0.15) is 0 Å². The molecule has 0 radical (unpaired) electrons. The number of nitrogens with zero attached hydrogens (tertiary/aromatic N) is 2. The van der Waals surface area contributed by atoms with Gasteiger partial charge in [0, 0.05) is 11.6 Å². The van der Waals surface area contributed by atoms with Crippen LogP contribution in [-0.4, -0.2) is 47.4 Å². The van der Waals surface area contributed by atoms with Crippen molar-refractivity contribution in [3.8, 4) is 11.5 Å². The maximum absolute atomic E-state index is 13.0. The minimum Gasteiger partial charge on any atom is -0.490 e. The molecule has 37 heavy (non-hydrogen) atoms. The Bertz CT molecular complexity index is 1290. The zero-order valence-corrected chi connectivity index (χ0v) is 19.8. The summed E-state index contributed by atoms with van der Waals surface area (Å²) in [6.07, 6.45) is -1.53. The number of primary amides is 1. The van der Waals surface area contributed by atoms with Crippen LogP contribution in [-0.2, 0) is 22.6 Å². The van der Waals surface area contributed by atoms with Gasteiger partial charge < -0.3 is 24.8 Å². The Morgan fingerprint density at radius 2 is 1.65 bits per heavy atom. The molecule has 0 bridgehead atoms. The molecule has 0 saturated carbocycles. The normalized spacial score (nSPS) is 17.9. The number of hydroxylamine groups is 2. The molecule has 1 fully saturated rings. The molecule has 2 aliphatic rings. The van der Waals surface area contributed by atoms with E-state index in [1.54, 1.807) is 18.2 Å². The zero-order valence-electron chi connectivity index (χ0n) is 19.8.